The van der Waals surface area contributed by atoms with Crippen molar-refractivity contribution >= 4 is 0 Å². The molecule has 0 heteroatoms. The molecule has 0 nitrogen and oxygen atoms in total. The van der Waals surface area contributed by atoms with E-state index in [9.17, 15) is 0 Å². The Morgan fingerprint density at radius 1 is 0.714 bits per heavy atom. The van der Waals surface area contributed by atoms with Crippen LogP contribution in [0.5, 0.6) is 0 Å². The van der Waals surface area contributed by atoms with E-state index >= 15 is 0 Å². The summed E-state index contributed by atoms with van der Waals surface area (Å²) in [5, 5.41) is 0. The average Bonchev–Trinajstić information content (AvgIpc) is 2.01. The maximum absolute atomic E-state index is 2.41. The highest BCUT2D eigenvalue weighted by molar-refractivity contribution is 4.85. The molecule has 1 aliphatic carbocycles. The van der Waals surface area contributed by atoms with Crippen LogP contribution < -0.4 is 0 Å². The van der Waals surface area contributed by atoms with E-state index in [0.717, 1.165) is 11.8 Å². The van der Waals surface area contributed by atoms with Gasteiger partial charge in [-0.3, -0.25) is 0 Å². The molecular formula is C14H28. The highest BCUT2D eigenvalue weighted by Crippen LogP contribution is 2.45. The second-order valence-corrected chi connectivity index (χ2v) is 7.29. The van der Waals surface area contributed by atoms with E-state index in [1.54, 1.807) is 0 Å². The van der Waals surface area contributed by atoms with Crippen molar-refractivity contribution in [2.24, 2.45) is 22.7 Å². The quantitative estimate of drug-likeness (QED) is 0.518. The van der Waals surface area contributed by atoms with Crippen molar-refractivity contribution in [2.75, 3.05) is 0 Å². The molecule has 0 aromatic rings. The van der Waals surface area contributed by atoms with E-state index in [-0.39, 0.29) is 0 Å². The third-order valence-electron chi connectivity index (χ3n) is 4.12. The third-order valence-corrected chi connectivity index (χ3v) is 4.12. The van der Waals surface area contributed by atoms with Gasteiger partial charge in [-0.25, -0.2) is 0 Å². The third kappa shape index (κ3) is 3.00. The second kappa shape index (κ2) is 3.87. The summed E-state index contributed by atoms with van der Waals surface area (Å²) < 4.78 is 0. The molecule has 14 heavy (non-hydrogen) atoms. The first-order valence-corrected chi connectivity index (χ1v) is 6.21. The molecule has 0 aromatic heterocycles. The van der Waals surface area contributed by atoms with Gasteiger partial charge in [-0.1, -0.05) is 48.0 Å². The molecule has 2 atom stereocenters. The van der Waals surface area contributed by atoms with Crippen molar-refractivity contribution in [2.45, 2.75) is 67.2 Å². The van der Waals surface area contributed by atoms with Gasteiger partial charge in [0.1, 0.15) is 0 Å². The van der Waals surface area contributed by atoms with Crippen molar-refractivity contribution in [3.63, 3.8) is 0 Å². The van der Waals surface area contributed by atoms with Gasteiger partial charge in [-0.2, -0.15) is 0 Å². The summed E-state index contributed by atoms with van der Waals surface area (Å²) in [4.78, 5) is 0. The van der Waals surface area contributed by atoms with Crippen LogP contribution in [0.3, 0.4) is 0 Å². The number of rotatable bonds is 0. The number of hydrogen-bond acceptors (Lipinski definition) is 0. The summed E-state index contributed by atoms with van der Waals surface area (Å²) in [6.45, 7) is 14.4. The Morgan fingerprint density at radius 3 is 1.36 bits per heavy atom. The zero-order chi connectivity index (χ0) is 11.0. The van der Waals surface area contributed by atoms with E-state index in [1.165, 1.54) is 25.7 Å². The van der Waals surface area contributed by atoms with Gasteiger partial charge in [0.25, 0.3) is 0 Å². The van der Waals surface area contributed by atoms with Crippen molar-refractivity contribution in [1.82, 2.24) is 0 Å². The monoisotopic (exact) mass is 196 g/mol. The Hall–Kier alpha value is 0. The van der Waals surface area contributed by atoms with Crippen LogP contribution in [0.1, 0.15) is 67.2 Å². The zero-order valence-electron chi connectivity index (χ0n) is 11.0. The summed E-state index contributed by atoms with van der Waals surface area (Å²) in [7, 11) is 0. The van der Waals surface area contributed by atoms with Crippen LogP contribution in [-0.4, -0.2) is 0 Å². The number of hydrogen-bond donors (Lipinski definition) is 0. The average molecular weight is 196 g/mol. The Kier molecular flexibility index (Phi) is 3.33. The second-order valence-electron chi connectivity index (χ2n) is 7.29. The van der Waals surface area contributed by atoms with E-state index in [0.29, 0.717) is 10.8 Å². The van der Waals surface area contributed by atoms with Gasteiger partial charge >= 0.3 is 0 Å². The predicted octanol–water partition coefficient (Wildman–Crippen LogP) is 4.89. The fourth-order valence-corrected chi connectivity index (χ4v) is 2.76. The largest absolute Gasteiger partial charge is 0.0599 e. The normalized spacial score (nSPS) is 30.4. The smallest absolute Gasteiger partial charge is 0.0354 e. The van der Waals surface area contributed by atoms with Crippen LogP contribution >= 0.6 is 0 Å². The summed E-state index contributed by atoms with van der Waals surface area (Å²) >= 11 is 0. The first-order valence-electron chi connectivity index (χ1n) is 6.21. The molecule has 0 radical (unpaired) electrons. The lowest BCUT2D eigenvalue weighted by atomic mass is 9.63. The van der Waals surface area contributed by atoms with Crippen LogP contribution in [0.15, 0.2) is 0 Å². The topological polar surface area (TPSA) is 0 Å². The molecule has 0 N–H and O–H groups in total. The van der Waals surface area contributed by atoms with Gasteiger partial charge < -0.3 is 0 Å². The van der Waals surface area contributed by atoms with Gasteiger partial charge in [0, 0.05) is 0 Å². The molecule has 0 amide bonds. The lowest BCUT2D eigenvalue weighted by Crippen LogP contribution is -2.32. The van der Waals surface area contributed by atoms with Crippen LogP contribution in [0.2, 0.25) is 0 Å². The minimum absolute atomic E-state index is 0.518. The summed E-state index contributed by atoms with van der Waals surface area (Å²) in [6.07, 6.45) is 5.81. The van der Waals surface area contributed by atoms with Gasteiger partial charge in [0.15, 0.2) is 0 Å². The summed E-state index contributed by atoms with van der Waals surface area (Å²) in [5.41, 5.74) is 1.04. The highest BCUT2D eigenvalue weighted by Gasteiger charge is 2.35. The van der Waals surface area contributed by atoms with E-state index in [2.05, 4.69) is 41.5 Å². The molecule has 0 saturated heterocycles. The minimum Gasteiger partial charge on any atom is -0.0599 e. The molecule has 84 valence electrons. The Bertz CT molecular complexity index is 157. The minimum atomic E-state index is 0.518. The van der Waals surface area contributed by atoms with Gasteiger partial charge in [0.2, 0.25) is 0 Å². The van der Waals surface area contributed by atoms with E-state index in [1.807, 2.05) is 0 Å². The van der Waals surface area contributed by atoms with Crippen LogP contribution in [0.25, 0.3) is 0 Å². The van der Waals surface area contributed by atoms with E-state index in [4.69, 9.17) is 0 Å². The lowest BCUT2D eigenvalue weighted by molar-refractivity contribution is 0.0830. The molecule has 0 bridgehead atoms. The van der Waals surface area contributed by atoms with E-state index < -0.39 is 0 Å². The molecule has 0 aliphatic heterocycles. The van der Waals surface area contributed by atoms with Gasteiger partial charge in [-0.05, 0) is 41.9 Å². The van der Waals surface area contributed by atoms with Crippen LogP contribution in [0.4, 0.5) is 0 Å². The molecule has 1 aliphatic rings. The molecule has 1 saturated carbocycles. The predicted molar refractivity (Wildman–Crippen MR) is 64.4 cm³/mol. The summed E-state index contributed by atoms with van der Waals surface area (Å²) in [6, 6.07) is 0. The zero-order valence-corrected chi connectivity index (χ0v) is 11.0. The molecule has 0 unspecified atom stereocenters. The Morgan fingerprint density at radius 2 is 1.07 bits per heavy atom. The first-order chi connectivity index (χ1) is 6.21. The Labute approximate surface area is 90.5 Å². The molecule has 0 heterocycles. The van der Waals surface area contributed by atoms with Gasteiger partial charge in [-0.15, -0.1) is 0 Å². The van der Waals surface area contributed by atoms with Crippen molar-refractivity contribution in [3.8, 4) is 0 Å². The molecule has 0 spiro atoms. The van der Waals surface area contributed by atoms with Crippen LogP contribution in [0, 0.1) is 22.7 Å². The van der Waals surface area contributed by atoms with Crippen molar-refractivity contribution in [3.05, 3.63) is 0 Å². The summed E-state index contributed by atoms with van der Waals surface area (Å²) in [5.74, 6) is 1.89. The fraction of sp³-hybridized carbons (Fsp3) is 1.00. The molecule has 1 fully saturated rings. The first kappa shape index (κ1) is 12.1. The molecular weight excluding hydrogens is 168 g/mol. The highest BCUT2D eigenvalue weighted by atomic mass is 14.4. The Balaban J connectivity index is 2.61. The molecule has 0 aromatic carbocycles. The fourth-order valence-electron chi connectivity index (χ4n) is 2.76. The lowest BCUT2D eigenvalue weighted by Gasteiger charge is -2.42. The van der Waals surface area contributed by atoms with Crippen molar-refractivity contribution < 1.29 is 0 Å². The van der Waals surface area contributed by atoms with Gasteiger partial charge in [0.05, 0.1) is 0 Å². The maximum atomic E-state index is 2.41. The maximum Gasteiger partial charge on any atom is -0.0354 e. The SMILES string of the molecule is CC(C)(C)[C@@H]1CCC[C@@H](C(C)(C)C)C1. The van der Waals surface area contributed by atoms with Crippen molar-refractivity contribution in [1.29, 1.82) is 0 Å². The standard InChI is InChI=1S/C14H28/c1-13(2,3)11-8-7-9-12(10-11)14(4,5)6/h11-12H,7-10H2,1-6H3/t11-,12-/m1/s1. The molecule has 1 rings (SSSR count). The van der Waals surface area contributed by atoms with Crippen LogP contribution in [-0.2, 0) is 0 Å².